The lowest BCUT2D eigenvalue weighted by molar-refractivity contribution is -0.0362. The predicted octanol–water partition coefficient (Wildman–Crippen LogP) is 0.131. The average molecular weight is 191 g/mol. The number of ether oxygens (including phenoxy) is 3. The molecule has 1 N–H and O–H groups in total. The highest BCUT2D eigenvalue weighted by Gasteiger charge is 2.29. The molecular formula is C9H21NO3. The minimum Gasteiger partial charge on any atom is -0.384 e. The smallest absolute Gasteiger partial charge is 0.0575 e. The van der Waals surface area contributed by atoms with Crippen molar-refractivity contribution < 1.29 is 14.2 Å². The molecular weight excluding hydrogens is 170 g/mol. The van der Waals surface area contributed by atoms with Crippen molar-refractivity contribution in [2.24, 2.45) is 5.41 Å². The van der Waals surface area contributed by atoms with Gasteiger partial charge in [0.25, 0.3) is 0 Å². The van der Waals surface area contributed by atoms with Crippen LogP contribution in [0.25, 0.3) is 0 Å². The van der Waals surface area contributed by atoms with Crippen molar-refractivity contribution >= 4 is 0 Å². The van der Waals surface area contributed by atoms with Gasteiger partial charge in [-0.1, -0.05) is 0 Å². The summed E-state index contributed by atoms with van der Waals surface area (Å²) in [6.45, 7) is 2.73. The van der Waals surface area contributed by atoms with Gasteiger partial charge < -0.3 is 19.5 Å². The van der Waals surface area contributed by atoms with E-state index in [0.29, 0.717) is 19.8 Å². The van der Waals surface area contributed by atoms with Crippen LogP contribution in [-0.2, 0) is 14.2 Å². The van der Waals surface area contributed by atoms with Crippen LogP contribution in [0, 0.1) is 5.41 Å². The highest BCUT2D eigenvalue weighted by atomic mass is 16.5. The molecule has 0 aliphatic carbocycles. The van der Waals surface area contributed by atoms with Crippen molar-refractivity contribution in [3.8, 4) is 0 Å². The van der Waals surface area contributed by atoms with Crippen LogP contribution >= 0.6 is 0 Å². The SMILES string of the molecule is CNCC(COC)(COC)COC. The molecule has 13 heavy (non-hydrogen) atoms. The summed E-state index contributed by atoms with van der Waals surface area (Å²) >= 11 is 0. The van der Waals surface area contributed by atoms with Crippen molar-refractivity contribution in [1.29, 1.82) is 0 Å². The lowest BCUT2D eigenvalue weighted by atomic mass is 9.91. The van der Waals surface area contributed by atoms with Crippen LogP contribution in [0.5, 0.6) is 0 Å². The number of methoxy groups -OCH3 is 3. The lowest BCUT2D eigenvalue weighted by Crippen LogP contribution is -2.44. The third-order valence-electron chi connectivity index (χ3n) is 1.90. The molecule has 0 saturated heterocycles. The maximum atomic E-state index is 5.16. The van der Waals surface area contributed by atoms with Gasteiger partial charge in [-0.15, -0.1) is 0 Å². The van der Waals surface area contributed by atoms with E-state index in [-0.39, 0.29) is 5.41 Å². The molecule has 0 radical (unpaired) electrons. The molecule has 0 fully saturated rings. The topological polar surface area (TPSA) is 39.7 Å². The van der Waals surface area contributed by atoms with E-state index in [1.807, 2.05) is 7.05 Å². The molecule has 0 aromatic carbocycles. The third-order valence-corrected chi connectivity index (χ3v) is 1.90. The first-order valence-corrected chi connectivity index (χ1v) is 4.36. The van der Waals surface area contributed by atoms with Gasteiger partial charge in [0, 0.05) is 27.9 Å². The van der Waals surface area contributed by atoms with Gasteiger partial charge in [0.2, 0.25) is 0 Å². The number of nitrogens with one attached hydrogen (secondary N) is 1. The molecule has 0 saturated carbocycles. The Morgan fingerprint density at radius 3 is 1.54 bits per heavy atom. The Morgan fingerprint density at radius 2 is 1.31 bits per heavy atom. The first kappa shape index (κ1) is 12.8. The summed E-state index contributed by atoms with van der Waals surface area (Å²) < 4.78 is 15.5. The van der Waals surface area contributed by atoms with Gasteiger partial charge in [-0.25, -0.2) is 0 Å². The summed E-state index contributed by atoms with van der Waals surface area (Å²) in [6, 6.07) is 0. The van der Waals surface area contributed by atoms with Crippen molar-refractivity contribution in [2.75, 3.05) is 54.7 Å². The van der Waals surface area contributed by atoms with Crippen LogP contribution in [0.4, 0.5) is 0 Å². The van der Waals surface area contributed by atoms with E-state index < -0.39 is 0 Å². The Hall–Kier alpha value is -0.160. The molecule has 0 spiro atoms. The van der Waals surface area contributed by atoms with Crippen LogP contribution in [0.2, 0.25) is 0 Å². The van der Waals surface area contributed by atoms with Crippen molar-refractivity contribution in [3.05, 3.63) is 0 Å². The Balaban J connectivity index is 4.19. The van der Waals surface area contributed by atoms with Crippen LogP contribution in [-0.4, -0.2) is 54.7 Å². The van der Waals surface area contributed by atoms with E-state index >= 15 is 0 Å². The van der Waals surface area contributed by atoms with Gasteiger partial charge in [0.05, 0.1) is 25.2 Å². The molecule has 0 amide bonds. The molecule has 0 heterocycles. The lowest BCUT2D eigenvalue weighted by Gasteiger charge is -2.31. The van der Waals surface area contributed by atoms with Gasteiger partial charge in [0.1, 0.15) is 0 Å². The van der Waals surface area contributed by atoms with Crippen molar-refractivity contribution in [3.63, 3.8) is 0 Å². The number of hydrogen-bond donors (Lipinski definition) is 1. The first-order valence-electron chi connectivity index (χ1n) is 4.36. The second-order valence-electron chi connectivity index (χ2n) is 3.33. The largest absolute Gasteiger partial charge is 0.384 e. The Morgan fingerprint density at radius 1 is 0.923 bits per heavy atom. The summed E-state index contributed by atoms with van der Waals surface area (Å²) in [6.07, 6.45) is 0. The van der Waals surface area contributed by atoms with Crippen molar-refractivity contribution in [1.82, 2.24) is 5.32 Å². The molecule has 0 unspecified atom stereocenters. The minimum atomic E-state index is -0.0764. The average Bonchev–Trinajstić information content (AvgIpc) is 2.06. The van der Waals surface area contributed by atoms with Crippen LogP contribution < -0.4 is 5.32 Å². The first-order chi connectivity index (χ1) is 6.24. The zero-order chi connectivity index (χ0) is 10.2. The van der Waals surface area contributed by atoms with Crippen molar-refractivity contribution in [2.45, 2.75) is 0 Å². The van der Waals surface area contributed by atoms with E-state index in [1.165, 1.54) is 0 Å². The molecule has 0 atom stereocenters. The summed E-state index contributed by atoms with van der Waals surface area (Å²) in [7, 11) is 6.98. The molecule has 0 aliphatic heterocycles. The van der Waals surface area contributed by atoms with Gasteiger partial charge >= 0.3 is 0 Å². The standard InChI is InChI=1S/C9H21NO3/c1-10-5-9(6-11-2,7-12-3)8-13-4/h10H,5-8H2,1-4H3. The normalized spacial score (nSPS) is 12.0. The number of rotatable bonds is 8. The molecule has 80 valence electrons. The molecule has 0 aliphatic rings. The zero-order valence-electron chi connectivity index (χ0n) is 9.05. The van der Waals surface area contributed by atoms with Gasteiger partial charge in [-0.2, -0.15) is 0 Å². The predicted molar refractivity (Wildman–Crippen MR) is 52.0 cm³/mol. The minimum absolute atomic E-state index is 0.0764. The second-order valence-corrected chi connectivity index (χ2v) is 3.33. The Labute approximate surface area is 80.5 Å². The molecule has 0 aromatic rings. The molecule has 4 nitrogen and oxygen atoms in total. The monoisotopic (exact) mass is 191 g/mol. The fraction of sp³-hybridized carbons (Fsp3) is 1.00. The molecule has 0 rings (SSSR count). The fourth-order valence-electron chi connectivity index (χ4n) is 1.57. The van der Waals surface area contributed by atoms with E-state index in [0.717, 1.165) is 6.54 Å². The van der Waals surface area contributed by atoms with Crippen LogP contribution in [0.1, 0.15) is 0 Å². The molecule has 4 heteroatoms. The maximum absolute atomic E-state index is 5.16. The number of hydrogen-bond acceptors (Lipinski definition) is 4. The quantitative estimate of drug-likeness (QED) is 0.592. The zero-order valence-corrected chi connectivity index (χ0v) is 9.05. The molecule has 0 aromatic heterocycles. The Bertz CT molecular complexity index is 89.9. The van der Waals surface area contributed by atoms with Gasteiger partial charge in [0.15, 0.2) is 0 Å². The summed E-state index contributed by atoms with van der Waals surface area (Å²) in [5.74, 6) is 0. The molecule has 0 bridgehead atoms. The highest BCUT2D eigenvalue weighted by Crippen LogP contribution is 2.17. The second kappa shape index (κ2) is 7.26. The van der Waals surface area contributed by atoms with E-state index in [4.69, 9.17) is 14.2 Å². The van der Waals surface area contributed by atoms with Gasteiger partial charge in [-0.05, 0) is 7.05 Å². The van der Waals surface area contributed by atoms with E-state index in [9.17, 15) is 0 Å². The Kier molecular flexibility index (Phi) is 7.17. The highest BCUT2D eigenvalue weighted by molar-refractivity contribution is 4.80. The fourth-order valence-corrected chi connectivity index (χ4v) is 1.57. The summed E-state index contributed by atoms with van der Waals surface area (Å²) in [4.78, 5) is 0. The third kappa shape index (κ3) is 4.57. The summed E-state index contributed by atoms with van der Waals surface area (Å²) in [5, 5.41) is 3.12. The van der Waals surface area contributed by atoms with Crippen LogP contribution in [0.15, 0.2) is 0 Å². The van der Waals surface area contributed by atoms with E-state index in [2.05, 4.69) is 5.32 Å². The summed E-state index contributed by atoms with van der Waals surface area (Å²) in [5.41, 5.74) is -0.0764. The van der Waals surface area contributed by atoms with E-state index in [1.54, 1.807) is 21.3 Å². The van der Waals surface area contributed by atoms with Gasteiger partial charge in [-0.3, -0.25) is 0 Å². The van der Waals surface area contributed by atoms with Crippen LogP contribution in [0.3, 0.4) is 0 Å². The maximum Gasteiger partial charge on any atom is 0.0575 e.